The van der Waals surface area contributed by atoms with Gasteiger partial charge >= 0.3 is 0 Å². The van der Waals surface area contributed by atoms with Gasteiger partial charge in [-0.1, -0.05) is 13.8 Å². The Bertz CT molecular complexity index is 562. The van der Waals surface area contributed by atoms with Gasteiger partial charge in [-0.3, -0.25) is 4.79 Å². The molecule has 0 radical (unpaired) electrons. The molecule has 1 amide bonds. The topological polar surface area (TPSA) is 41.1 Å². The van der Waals surface area contributed by atoms with Crippen LogP contribution in [0.15, 0.2) is 29.6 Å². The van der Waals surface area contributed by atoms with Gasteiger partial charge in [0.2, 0.25) is 5.91 Å². The van der Waals surface area contributed by atoms with Crippen molar-refractivity contribution in [2.75, 3.05) is 11.9 Å². The van der Waals surface area contributed by atoms with Crippen LogP contribution in [0.3, 0.4) is 0 Å². The zero-order valence-corrected chi connectivity index (χ0v) is 12.4. The van der Waals surface area contributed by atoms with E-state index in [0.29, 0.717) is 12.5 Å². The number of carbonyl (C=O) groups excluding carboxylic acids is 1. The van der Waals surface area contributed by atoms with Crippen LogP contribution in [0, 0.1) is 5.92 Å². The Morgan fingerprint density at radius 3 is 2.79 bits per heavy atom. The molecule has 0 saturated carbocycles. The number of hydrogen-bond donors (Lipinski definition) is 2. The number of anilines is 1. The molecule has 0 spiro atoms. The molecule has 0 fully saturated rings. The van der Waals surface area contributed by atoms with Crippen LogP contribution in [-0.4, -0.2) is 18.5 Å². The summed E-state index contributed by atoms with van der Waals surface area (Å²) in [6, 6.07) is 8.05. The third kappa shape index (κ3) is 3.70. The Balaban J connectivity index is 1.97. The molecule has 19 heavy (non-hydrogen) atoms. The molecule has 1 aromatic heterocycles. The molecular formula is C15H20N2OS. The number of thiophene rings is 1. The molecule has 0 saturated heterocycles. The predicted molar refractivity (Wildman–Crippen MR) is 82.8 cm³/mol. The highest BCUT2D eigenvalue weighted by Crippen LogP contribution is 2.24. The van der Waals surface area contributed by atoms with Crippen LogP contribution >= 0.6 is 11.3 Å². The number of amides is 1. The molecule has 1 heterocycles. The molecule has 1 atom stereocenters. The van der Waals surface area contributed by atoms with Crippen LogP contribution in [0.1, 0.15) is 20.8 Å². The molecule has 2 aromatic rings. The maximum absolute atomic E-state index is 11.9. The Labute approximate surface area is 118 Å². The number of fused-ring (bicyclic) bond motifs is 1. The standard InChI is InChI=1S/C15H20N2OS/c1-10(2)9-16-15(18)11(3)17-13-4-5-14-12(8-13)6-7-19-14/h4-8,10-11,17H,9H2,1-3H3,(H,16,18). The van der Waals surface area contributed by atoms with E-state index in [1.807, 2.05) is 13.0 Å². The van der Waals surface area contributed by atoms with Crippen LogP contribution in [0.5, 0.6) is 0 Å². The Kier molecular flexibility index (Phi) is 4.43. The van der Waals surface area contributed by atoms with E-state index in [4.69, 9.17) is 0 Å². The summed E-state index contributed by atoms with van der Waals surface area (Å²) < 4.78 is 1.27. The smallest absolute Gasteiger partial charge is 0.242 e. The minimum absolute atomic E-state index is 0.0408. The molecule has 0 aliphatic heterocycles. The van der Waals surface area contributed by atoms with Crippen molar-refractivity contribution in [3.05, 3.63) is 29.6 Å². The first kappa shape index (κ1) is 13.9. The fraction of sp³-hybridized carbons (Fsp3) is 0.400. The Morgan fingerprint density at radius 2 is 2.05 bits per heavy atom. The summed E-state index contributed by atoms with van der Waals surface area (Å²) in [7, 11) is 0. The lowest BCUT2D eigenvalue weighted by molar-refractivity contribution is -0.121. The fourth-order valence-electron chi connectivity index (χ4n) is 1.83. The average molecular weight is 276 g/mol. The van der Waals surface area contributed by atoms with E-state index >= 15 is 0 Å². The quantitative estimate of drug-likeness (QED) is 0.878. The Hall–Kier alpha value is -1.55. The van der Waals surface area contributed by atoms with E-state index in [9.17, 15) is 4.79 Å². The van der Waals surface area contributed by atoms with Gasteiger partial charge in [-0.15, -0.1) is 11.3 Å². The maximum atomic E-state index is 11.9. The molecule has 4 heteroatoms. The van der Waals surface area contributed by atoms with E-state index < -0.39 is 0 Å². The molecule has 2 N–H and O–H groups in total. The highest BCUT2D eigenvalue weighted by molar-refractivity contribution is 7.17. The zero-order chi connectivity index (χ0) is 13.8. The highest BCUT2D eigenvalue weighted by atomic mass is 32.1. The van der Waals surface area contributed by atoms with Crippen molar-refractivity contribution < 1.29 is 4.79 Å². The Morgan fingerprint density at radius 1 is 1.26 bits per heavy atom. The lowest BCUT2D eigenvalue weighted by atomic mass is 10.2. The van der Waals surface area contributed by atoms with Gasteiger partial charge in [0.1, 0.15) is 6.04 Å². The van der Waals surface area contributed by atoms with Gasteiger partial charge in [-0.2, -0.15) is 0 Å². The monoisotopic (exact) mass is 276 g/mol. The third-order valence-corrected chi connectivity index (χ3v) is 3.81. The molecular weight excluding hydrogens is 256 g/mol. The van der Waals surface area contributed by atoms with Crippen molar-refractivity contribution in [1.29, 1.82) is 0 Å². The first-order valence-electron chi connectivity index (χ1n) is 6.58. The molecule has 0 bridgehead atoms. The summed E-state index contributed by atoms with van der Waals surface area (Å²) in [4.78, 5) is 11.9. The average Bonchev–Trinajstić information content (AvgIpc) is 2.83. The summed E-state index contributed by atoms with van der Waals surface area (Å²) in [5.74, 6) is 0.512. The highest BCUT2D eigenvalue weighted by Gasteiger charge is 2.12. The number of benzene rings is 1. The largest absolute Gasteiger partial charge is 0.374 e. The van der Waals surface area contributed by atoms with E-state index in [2.05, 4.69) is 48.1 Å². The first-order chi connectivity index (χ1) is 9.06. The molecule has 2 rings (SSSR count). The number of carbonyl (C=O) groups is 1. The van der Waals surface area contributed by atoms with Gasteiger partial charge in [-0.05, 0) is 47.9 Å². The fourth-order valence-corrected chi connectivity index (χ4v) is 2.60. The zero-order valence-electron chi connectivity index (χ0n) is 11.6. The summed E-state index contributed by atoms with van der Waals surface area (Å²) in [5, 5.41) is 9.46. The number of hydrogen-bond acceptors (Lipinski definition) is 3. The van der Waals surface area contributed by atoms with Crippen molar-refractivity contribution in [2.24, 2.45) is 5.92 Å². The van der Waals surface area contributed by atoms with E-state index in [1.54, 1.807) is 11.3 Å². The van der Waals surface area contributed by atoms with Crippen molar-refractivity contribution in [1.82, 2.24) is 5.32 Å². The lowest BCUT2D eigenvalue weighted by Gasteiger charge is -2.16. The van der Waals surface area contributed by atoms with Crippen LogP contribution in [-0.2, 0) is 4.79 Å². The second-order valence-electron chi connectivity index (χ2n) is 5.18. The van der Waals surface area contributed by atoms with Crippen LogP contribution in [0.2, 0.25) is 0 Å². The minimum Gasteiger partial charge on any atom is -0.374 e. The van der Waals surface area contributed by atoms with Crippen LogP contribution < -0.4 is 10.6 Å². The number of nitrogens with one attached hydrogen (secondary N) is 2. The van der Waals surface area contributed by atoms with Crippen molar-refractivity contribution in [3.63, 3.8) is 0 Å². The molecule has 102 valence electrons. The SMILES string of the molecule is CC(C)CNC(=O)C(C)Nc1ccc2sccc2c1. The van der Waals surface area contributed by atoms with Crippen molar-refractivity contribution in [3.8, 4) is 0 Å². The normalized spacial score (nSPS) is 12.6. The summed E-state index contributed by atoms with van der Waals surface area (Å²) in [5.41, 5.74) is 0.984. The van der Waals surface area contributed by atoms with E-state index in [-0.39, 0.29) is 11.9 Å². The molecule has 1 aromatic carbocycles. The van der Waals surface area contributed by atoms with Crippen molar-refractivity contribution >= 4 is 33.0 Å². The minimum atomic E-state index is -0.227. The third-order valence-electron chi connectivity index (χ3n) is 2.91. The number of rotatable bonds is 5. The first-order valence-corrected chi connectivity index (χ1v) is 7.45. The van der Waals surface area contributed by atoms with Gasteiger partial charge < -0.3 is 10.6 Å². The van der Waals surface area contributed by atoms with Gasteiger partial charge in [0.25, 0.3) is 0 Å². The van der Waals surface area contributed by atoms with Gasteiger partial charge in [0.05, 0.1) is 0 Å². The van der Waals surface area contributed by atoms with Crippen molar-refractivity contribution in [2.45, 2.75) is 26.8 Å². The summed E-state index contributed by atoms with van der Waals surface area (Å²) in [6.07, 6.45) is 0. The van der Waals surface area contributed by atoms with Gasteiger partial charge in [0.15, 0.2) is 0 Å². The summed E-state index contributed by atoms with van der Waals surface area (Å²) in [6.45, 7) is 6.77. The van der Waals surface area contributed by atoms with Gasteiger partial charge in [-0.25, -0.2) is 0 Å². The summed E-state index contributed by atoms with van der Waals surface area (Å²) >= 11 is 1.73. The lowest BCUT2D eigenvalue weighted by Crippen LogP contribution is -2.39. The molecule has 3 nitrogen and oxygen atoms in total. The maximum Gasteiger partial charge on any atom is 0.242 e. The van der Waals surface area contributed by atoms with E-state index in [1.165, 1.54) is 10.1 Å². The second kappa shape index (κ2) is 6.06. The molecule has 1 unspecified atom stereocenters. The van der Waals surface area contributed by atoms with E-state index in [0.717, 1.165) is 5.69 Å². The van der Waals surface area contributed by atoms with Crippen LogP contribution in [0.25, 0.3) is 10.1 Å². The predicted octanol–water partition coefficient (Wildman–Crippen LogP) is 3.47. The molecule has 0 aliphatic rings. The second-order valence-corrected chi connectivity index (χ2v) is 6.13. The van der Waals surface area contributed by atoms with Gasteiger partial charge in [0, 0.05) is 16.9 Å². The molecule has 0 aliphatic carbocycles. The van der Waals surface area contributed by atoms with Crippen LogP contribution in [0.4, 0.5) is 5.69 Å².